The van der Waals surface area contributed by atoms with Crippen molar-refractivity contribution in [1.82, 2.24) is 10.2 Å². The lowest BCUT2D eigenvalue weighted by molar-refractivity contribution is -0.120. The number of carbonyl (C=O) groups is 1. The second kappa shape index (κ2) is 7.32. The Morgan fingerprint density at radius 2 is 1.91 bits per heavy atom. The highest BCUT2D eigenvalue weighted by molar-refractivity contribution is 5.73. The predicted molar refractivity (Wildman–Crippen MR) is 88.3 cm³/mol. The molecule has 5 heteroatoms. The summed E-state index contributed by atoms with van der Waals surface area (Å²) in [5.74, 6) is 0.710. The van der Waals surface area contributed by atoms with E-state index < -0.39 is 6.10 Å². The molecule has 126 valence electrons. The number of nitrogens with one attached hydrogen (secondary N) is 1. The molecular formula is C18H26N2O3. The van der Waals surface area contributed by atoms with Crippen molar-refractivity contribution in [2.24, 2.45) is 0 Å². The molecule has 5 nitrogen and oxygen atoms in total. The lowest BCUT2D eigenvalue weighted by atomic mass is 10.0. The maximum Gasteiger partial charge on any atom is 0.217 e. The van der Waals surface area contributed by atoms with E-state index in [1.54, 1.807) is 0 Å². The third kappa shape index (κ3) is 3.85. The number of aliphatic hydroxyl groups is 1. The molecule has 2 aliphatic rings. The second-order valence-electron chi connectivity index (χ2n) is 6.59. The van der Waals surface area contributed by atoms with Gasteiger partial charge in [-0.15, -0.1) is 0 Å². The SMILES string of the molecule is CC(=O)N[C@@H]1C[C@@H](Oc2ccccc2)[C@H](O)[C@H]1N1CCCCC1. The average molecular weight is 318 g/mol. The summed E-state index contributed by atoms with van der Waals surface area (Å²) in [5, 5.41) is 13.8. The largest absolute Gasteiger partial charge is 0.488 e. The summed E-state index contributed by atoms with van der Waals surface area (Å²) >= 11 is 0. The summed E-state index contributed by atoms with van der Waals surface area (Å²) in [6.45, 7) is 3.50. The molecule has 0 bridgehead atoms. The number of hydrogen-bond donors (Lipinski definition) is 2. The highest BCUT2D eigenvalue weighted by Gasteiger charge is 2.47. The van der Waals surface area contributed by atoms with Crippen LogP contribution in [0.25, 0.3) is 0 Å². The fourth-order valence-electron chi connectivity index (χ4n) is 3.87. The van der Waals surface area contributed by atoms with Gasteiger partial charge in [-0.2, -0.15) is 0 Å². The number of rotatable bonds is 4. The zero-order valence-electron chi connectivity index (χ0n) is 13.6. The van der Waals surface area contributed by atoms with Gasteiger partial charge < -0.3 is 15.2 Å². The van der Waals surface area contributed by atoms with E-state index in [2.05, 4.69) is 10.2 Å². The molecule has 1 aromatic rings. The first kappa shape index (κ1) is 16.3. The normalized spacial score (nSPS) is 31.7. The van der Waals surface area contributed by atoms with Crippen molar-refractivity contribution in [1.29, 1.82) is 0 Å². The van der Waals surface area contributed by atoms with Gasteiger partial charge in [0.25, 0.3) is 0 Å². The van der Waals surface area contributed by atoms with Crippen molar-refractivity contribution in [3.8, 4) is 5.75 Å². The van der Waals surface area contributed by atoms with Gasteiger partial charge in [0.05, 0.1) is 12.1 Å². The van der Waals surface area contributed by atoms with E-state index in [0.29, 0.717) is 6.42 Å². The van der Waals surface area contributed by atoms with Crippen LogP contribution in [0.1, 0.15) is 32.6 Å². The van der Waals surface area contributed by atoms with Gasteiger partial charge in [0.15, 0.2) is 0 Å². The lowest BCUT2D eigenvalue weighted by Crippen LogP contribution is -2.54. The van der Waals surface area contributed by atoms with Crippen molar-refractivity contribution in [3.05, 3.63) is 30.3 Å². The van der Waals surface area contributed by atoms with Gasteiger partial charge >= 0.3 is 0 Å². The maximum absolute atomic E-state index is 11.5. The third-order valence-corrected chi connectivity index (χ3v) is 4.86. The number of hydrogen-bond acceptors (Lipinski definition) is 4. The molecule has 0 radical (unpaired) electrons. The zero-order valence-corrected chi connectivity index (χ0v) is 13.6. The molecule has 0 unspecified atom stereocenters. The van der Waals surface area contributed by atoms with E-state index in [-0.39, 0.29) is 24.1 Å². The Balaban J connectivity index is 1.73. The molecule has 2 fully saturated rings. The summed E-state index contributed by atoms with van der Waals surface area (Å²) < 4.78 is 5.99. The van der Waals surface area contributed by atoms with Gasteiger partial charge in [-0.25, -0.2) is 0 Å². The first-order chi connectivity index (χ1) is 11.1. The smallest absolute Gasteiger partial charge is 0.217 e. The van der Waals surface area contributed by atoms with Crippen LogP contribution in [0.15, 0.2) is 30.3 Å². The van der Waals surface area contributed by atoms with E-state index in [1.807, 2.05) is 30.3 Å². The zero-order chi connectivity index (χ0) is 16.2. The van der Waals surface area contributed by atoms with Crippen LogP contribution in [0.5, 0.6) is 5.75 Å². The van der Waals surface area contributed by atoms with Gasteiger partial charge in [-0.3, -0.25) is 9.69 Å². The van der Waals surface area contributed by atoms with Crippen LogP contribution in [0.3, 0.4) is 0 Å². The Morgan fingerprint density at radius 3 is 2.57 bits per heavy atom. The molecule has 0 spiro atoms. The average Bonchev–Trinajstić information content (AvgIpc) is 2.84. The van der Waals surface area contributed by atoms with Crippen molar-refractivity contribution in [3.63, 3.8) is 0 Å². The molecule has 1 amide bonds. The molecule has 1 aliphatic heterocycles. The monoisotopic (exact) mass is 318 g/mol. The number of para-hydroxylation sites is 1. The number of ether oxygens (including phenoxy) is 1. The Morgan fingerprint density at radius 1 is 1.22 bits per heavy atom. The van der Waals surface area contributed by atoms with Crippen LogP contribution in [0.4, 0.5) is 0 Å². The first-order valence-corrected chi connectivity index (χ1v) is 8.56. The van der Waals surface area contributed by atoms with Gasteiger partial charge in [0.2, 0.25) is 5.91 Å². The minimum absolute atomic E-state index is 0.0513. The standard InChI is InChI=1S/C18H26N2O3/c1-13(21)19-15-12-16(23-14-8-4-2-5-9-14)18(22)17(15)20-10-6-3-7-11-20/h2,4-5,8-9,15-18,22H,3,6-7,10-12H2,1H3,(H,19,21)/t15-,16-,17+,18+/m1/s1. The summed E-state index contributed by atoms with van der Waals surface area (Å²) in [5.41, 5.74) is 0. The van der Waals surface area contributed by atoms with E-state index in [0.717, 1.165) is 31.7 Å². The van der Waals surface area contributed by atoms with Crippen molar-refractivity contribution in [2.45, 2.75) is 56.9 Å². The number of likely N-dealkylation sites (tertiary alicyclic amines) is 1. The van der Waals surface area contributed by atoms with Gasteiger partial charge in [-0.1, -0.05) is 24.6 Å². The van der Waals surface area contributed by atoms with Gasteiger partial charge in [-0.05, 0) is 38.1 Å². The number of nitrogens with zero attached hydrogens (tertiary/aromatic N) is 1. The maximum atomic E-state index is 11.5. The third-order valence-electron chi connectivity index (χ3n) is 4.86. The number of carbonyl (C=O) groups excluding carboxylic acids is 1. The fourth-order valence-corrected chi connectivity index (χ4v) is 3.87. The van der Waals surface area contributed by atoms with Crippen LogP contribution in [0.2, 0.25) is 0 Å². The topological polar surface area (TPSA) is 61.8 Å². The Bertz CT molecular complexity index is 516. The second-order valence-corrected chi connectivity index (χ2v) is 6.59. The molecule has 4 atom stereocenters. The summed E-state index contributed by atoms with van der Waals surface area (Å²) in [7, 11) is 0. The molecule has 3 rings (SSSR count). The molecule has 2 N–H and O–H groups in total. The van der Waals surface area contributed by atoms with Gasteiger partial charge in [0.1, 0.15) is 18.0 Å². The van der Waals surface area contributed by atoms with Crippen molar-refractivity contribution in [2.75, 3.05) is 13.1 Å². The lowest BCUT2D eigenvalue weighted by Gasteiger charge is -2.37. The molecule has 1 aliphatic carbocycles. The molecule has 0 aromatic heterocycles. The predicted octanol–water partition coefficient (Wildman–Crippen LogP) is 1.56. The Kier molecular flexibility index (Phi) is 5.18. The van der Waals surface area contributed by atoms with Crippen LogP contribution in [-0.4, -0.2) is 53.3 Å². The molecule has 1 saturated heterocycles. The summed E-state index contributed by atoms with van der Waals surface area (Å²) in [6, 6.07) is 9.45. The highest BCUT2D eigenvalue weighted by atomic mass is 16.5. The van der Waals surface area contributed by atoms with Crippen molar-refractivity contribution >= 4 is 5.91 Å². The van der Waals surface area contributed by atoms with E-state index >= 15 is 0 Å². The van der Waals surface area contributed by atoms with Gasteiger partial charge in [0, 0.05) is 13.3 Å². The number of amides is 1. The molecular weight excluding hydrogens is 292 g/mol. The number of benzene rings is 1. The Labute approximate surface area is 137 Å². The van der Waals surface area contributed by atoms with Crippen LogP contribution in [-0.2, 0) is 4.79 Å². The molecule has 1 saturated carbocycles. The number of aliphatic hydroxyl groups excluding tert-OH is 1. The van der Waals surface area contributed by atoms with E-state index in [1.165, 1.54) is 13.3 Å². The minimum atomic E-state index is -0.592. The van der Waals surface area contributed by atoms with Crippen molar-refractivity contribution < 1.29 is 14.6 Å². The van der Waals surface area contributed by atoms with Crippen LogP contribution in [0, 0.1) is 0 Å². The minimum Gasteiger partial charge on any atom is -0.488 e. The van der Waals surface area contributed by atoms with Crippen LogP contribution < -0.4 is 10.1 Å². The Hall–Kier alpha value is -1.59. The van der Waals surface area contributed by atoms with Crippen LogP contribution >= 0.6 is 0 Å². The summed E-state index contributed by atoms with van der Waals surface area (Å²) in [6.07, 6.45) is 3.30. The van der Waals surface area contributed by atoms with E-state index in [9.17, 15) is 9.90 Å². The number of piperidine rings is 1. The quantitative estimate of drug-likeness (QED) is 0.884. The molecule has 1 aromatic carbocycles. The first-order valence-electron chi connectivity index (χ1n) is 8.56. The van der Waals surface area contributed by atoms with E-state index in [4.69, 9.17) is 4.74 Å². The summed E-state index contributed by atoms with van der Waals surface area (Å²) in [4.78, 5) is 13.9. The molecule has 1 heterocycles. The fraction of sp³-hybridized carbons (Fsp3) is 0.611. The highest BCUT2D eigenvalue weighted by Crippen LogP contribution is 2.30. The molecule has 23 heavy (non-hydrogen) atoms.